The Morgan fingerprint density at radius 3 is 3.12 bits per heavy atom. The number of hydrogen-bond donors (Lipinski definition) is 1. The predicted molar refractivity (Wildman–Crippen MR) is 62.2 cm³/mol. The molecule has 2 rings (SSSR count). The van der Waals surface area contributed by atoms with Crippen LogP contribution in [-0.2, 0) is 9.53 Å². The normalized spacial score (nSPS) is 31.4. The fraction of sp³-hybridized carbons (Fsp3) is 0.917. The van der Waals surface area contributed by atoms with E-state index >= 15 is 0 Å². The molecule has 2 aliphatic rings. The molecule has 0 bridgehead atoms. The third-order valence-electron chi connectivity index (χ3n) is 3.63. The molecule has 4 heteroatoms. The van der Waals surface area contributed by atoms with Gasteiger partial charge in [-0.05, 0) is 25.8 Å². The second kappa shape index (κ2) is 5.64. The molecule has 0 saturated carbocycles. The van der Waals surface area contributed by atoms with Gasteiger partial charge in [0, 0.05) is 13.1 Å². The number of carbonyl (C=O) groups is 1. The second-order valence-electron chi connectivity index (χ2n) is 4.71. The Hall–Kier alpha value is -0.610. The maximum Gasteiger partial charge on any atom is 0.227 e. The van der Waals surface area contributed by atoms with Crippen LogP contribution in [0.15, 0.2) is 0 Å². The summed E-state index contributed by atoms with van der Waals surface area (Å²) in [7, 11) is 0. The zero-order valence-corrected chi connectivity index (χ0v) is 10.1. The van der Waals surface area contributed by atoms with Crippen molar-refractivity contribution in [3.63, 3.8) is 0 Å². The molecule has 0 aromatic rings. The molecule has 16 heavy (non-hydrogen) atoms. The highest BCUT2D eigenvalue weighted by atomic mass is 16.5. The zero-order valence-electron chi connectivity index (χ0n) is 10.1. The van der Waals surface area contributed by atoms with Crippen LogP contribution in [0.1, 0.15) is 26.2 Å². The third kappa shape index (κ3) is 2.55. The van der Waals surface area contributed by atoms with Gasteiger partial charge in [-0.3, -0.25) is 4.79 Å². The van der Waals surface area contributed by atoms with Crippen LogP contribution < -0.4 is 5.32 Å². The van der Waals surface area contributed by atoms with Gasteiger partial charge in [0.2, 0.25) is 5.91 Å². The van der Waals surface area contributed by atoms with Gasteiger partial charge in [-0.25, -0.2) is 0 Å². The van der Waals surface area contributed by atoms with E-state index in [-0.39, 0.29) is 5.92 Å². The van der Waals surface area contributed by atoms with Gasteiger partial charge >= 0.3 is 0 Å². The first-order chi connectivity index (χ1) is 7.83. The highest BCUT2D eigenvalue weighted by Crippen LogP contribution is 2.18. The van der Waals surface area contributed by atoms with Gasteiger partial charge in [0.05, 0.1) is 25.2 Å². The van der Waals surface area contributed by atoms with Crippen molar-refractivity contribution in [2.75, 3.05) is 32.8 Å². The van der Waals surface area contributed by atoms with E-state index in [1.807, 2.05) is 4.90 Å². The Morgan fingerprint density at radius 2 is 2.44 bits per heavy atom. The number of piperidine rings is 1. The lowest BCUT2D eigenvalue weighted by molar-refractivity contribution is -0.145. The molecule has 2 aliphatic heterocycles. The molecular formula is C12H22N2O2. The number of carbonyl (C=O) groups excluding carboxylic acids is 1. The van der Waals surface area contributed by atoms with Crippen LogP contribution in [0.3, 0.4) is 0 Å². The highest BCUT2D eigenvalue weighted by molar-refractivity contribution is 5.79. The molecule has 0 aromatic carbocycles. The molecular weight excluding hydrogens is 204 g/mol. The summed E-state index contributed by atoms with van der Waals surface area (Å²) in [6.07, 6.45) is 3.16. The Balaban J connectivity index is 1.95. The van der Waals surface area contributed by atoms with Crippen LogP contribution in [0.2, 0.25) is 0 Å². The number of ether oxygens (including phenoxy) is 1. The predicted octanol–water partition coefficient (Wildman–Crippen LogP) is 0.623. The van der Waals surface area contributed by atoms with Crippen molar-refractivity contribution in [2.45, 2.75) is 32.2 Å². The van der Waals surface area contributed by atoms with Gasteiger partial charge in [0.25, 0.3) is 0 Å². The molecule has 1 N–H and O–H groups in total. The molecule has 0 aliphatic carbocycles. The molecule has 2 fully saturated rings. The molecule has 92 valence electrons. The van der Waals surface area contributed by atoms with Gasteiger partial charge in [0.15, 0.2) is 0 Å². The SMILES string of the molecule is CCC1COCCN1C(=O)C1CCCNC1. The number of nitrogens with one attached hydrogen (secondary N) is 1. The average molecular weight is 226 g/mol. The highest BCUT2D eigenvalue weighted by Gasteiger charge is 2.31. The molecule has 2 saturated heterocycles. The topological polar surface area (TPSA) is 41.6 Å². The minimum absolute atomic E-state index is 0.195. The molecule has 0 aromatic heterocycles. The number of hydrogen-bond acceptors (Lipinski definition) is 3. The van der Waals surface area contributed by atoms with E-state index in [0.29, 0.717) is 25.2 Å². The second-order valence-corrected chi connectivity index (χ2v) is 4.71. The first-order valence-corrected chi connectivity index (χ1v) is 6.42. The molecule has 0 spiro atoms. The zero-order chi connectivity index (χ0) is 11.4. The van der Waals surface area contributed by atoms with Crippen molar-refractivity contribution in [3.8, 4) is 0 Å². The van der Waals surface area contributed by atoms with E-state index in [4.69, 9.17) is 4.74 Å². The van der Waals surface area contributed by atoms with Gasteiger partial charge in [-0.1, -0.05) is 6.92 Å². The van der Waals surface area contributed by atoms with Crippen LogP contribution in [0, 0.1) is 5.92 Å². The monoisotopic (exact) mass is 226 g/mol. The van der Waals surface area contributed by atoms with Crippen molar-refractivity contribution in [1.82, 2.24) is 10.2 Å². The summed E-state index contributed by atoms with van der Waals surface area (Å²) in [4.78, 5) is 14.4. The first kappa shape index (κ1) is 11.9. The lowest BCUT2D eigenvalue weighted by Gasteiger charge is -2.38. The van der Waals surface area contributed by atoms with Crippen LogP contribution in [0.5, 0.6) is 0 Å². The van der Waals surface area contributed by atoms with E-state index in [0.717, 1.165) is 38.9 Å². The quantitative estimate of drug-likeness (QED) is 0.750. The average Bonchev–Trinajstić information content (AvgIpc) is 2.39. The minimum Gasteiger partial charge on any atom is -0.377 e. The summed E-state index contributed by atoms with van der Waals surface area (Å²) in [6.45, 7) is 6.22. The largest absolute Gasteiger partial charge is 0.377 e. The molecule has 2 atom stereocenters. The maximum atomic E-state index is 12.4. The summed E-state index contributed by atoms with van der Waals surface area (Å²) in [5, 5.41) is 3.31. The van der Waals surface area contributed by atoms with Crippen molar-refractivity contribution < 1.29 is 9.53 Å². The van der Waals surface area contributed by atoms with E-state index in [1.54, 1.807) is 0 Å². The number of nitrogens with zero attached hydrogens (tertiary/aromatic N) is 1. The van der Waals surface area contributed by atoms with Crippen molar-refractivity contribution in [2.24, 2.45) is 5.92 Å². The Labute approximate surface area is 97.3 Å². The summed E-state index contributed by atoms with van der Waals surface area (Å²) in [5.41, 5.74) is 0. The number of amides is 1. The van der Waals surface area contributed by atoms with Crippen LogP contribution in [0.4, 0.5) is 0 Å². The number of morpholine rings is 1. The lowest BCUT2D eigenvalue weighted by Crippen LogP contribution is -2.52. The molecule has 1 amide bonds. The molecule has 2 heterocycles. The Bertz CT molecular complexity index is 239. The fourth-order valence-electron chi connectivity index (χ4n) is 2.58. The first-order valence-electron chi connectivity index (χ1n) is 6.42. The van der Waals surface area contributed by atoms with E-state index in [9.17, 15) is 4.79 Å². The summed E-state index contributed by atoms with van der Waals surface area (Å²) >= 11 is 0. The van der Waals surface area contributed by atoms with Gasteiger partial charge in [-0.15, -0.1) is 0 Å². The van der Waals surface area contributed by atoms with Crippen LogP contribution in [0.25, 0.3) is 0 Å². The van der Waals surface area contributed by atoms with Crippen LogP contribution >= 0.6 is 0 Å². The Kier molecular flexibility index (Phi) is 4.18. The maximum absolute atomic E-state index is 12.4. The van der Waals surface area contributed by atoms with Gasteiger partial charge in [-0.2, -0.15) is 0 Å². The molecule has 4 nitrogen and oxygen atoms in total. The Morgan fingerprint density at radius 1 is 1.56 bits per heavy atom. The van der Waals surface area contributed by atoms with Crippen molar-refractivity contribution >= 4 is 5.91 Å². The van der Waals surface area contributed by atoms with Crippen LogP contribution in [-0.4, -0.2) is 49.7 Å². The van der Waals surface area contributed by atoms with E-state index in [1.165, 1.54) is 0 Å². The lowest BCUT2D eigenvalue weighted by atomic mass is 9.97. The van der Waals surface area contributed by atoms with Gasteiger partial charge in [0.1, 0.15) is 0 Å². The smallest absolute Gasteiger partial charge is 0.227 e. The number of rotatable bonds is 2. The minimum atomic E-state index is 0.195. The van der Waals surface area contributed by atoms with E-state index in [2.05, 4.69) is 12.2 Å². The van der Waals surface area contributed by atoms with Gasteiger partial charge < -0.3 is 15.0 Å². The molecule has 2 unspecified atom stereocenters. The van der Waals surface area contributed by atoms with Crippen molar-refractivity contribution in [1.29, 1.82) is 0 Å². The van der Waals surface area contributed by atoms with E-state index < -0.39 is 0 Å². The summed E-state index contributed by atoms with van der Waals surface area (Å²) in [5.74, 6) is 0.531. The standard InChI is InChI=1S/C12H22N2O2/c1-2-11-9-16-7-6-14(11)12(15)10-4-3-5-13-8-10/h10-11,13H,2-9H2,1H3. The summed E-state index contributed by atoms with van der Waals surface area (Å²) < 4.78 is 5.43. The fourth-order valence-corrected chi connectivity index (χ4v) is 2.58. The molecule has 0 radical (unpaired) electrons. The third-order valence-corrected chi connectivity index (χ3v) is 3.63. The van der Waals surface area contributed by atoms with Crippen molar-refractivity contribution in [3.05, 3.63) is 0 Å². The summed E-state index contributed by atoms with van der Waals surface area (Å²) in [6, 6.07) is 0.295.